The molecule has 1 rings (SSSR count). The Balaban J connectivity index is 2.75. The second-order valence-corrected chi connectivity index (χ2v) is 5.02. The maximum Gasteiger partial charge on any atom is 0.325 e. The number of carbonyl (C=O) groups is 2. The molecular formula is C16H18BrNO3. The first-order chi connectivity index (χ1) is 10.1. The van der Waals surface area contributed by atoms with Crippen molar-refractivity contribution >= 4 is 33.9 Å². The Morgan fingerprint density at radius 2 is 2.10 bits per heavy atom. The largest absolute Gasteiger partial charge is 0.465 e. The van der Waals surface area contributed by atoms with Crippen molar-refractivity contribution in [3.05, 3.63) is 53.0 Å². The van der Waals surface area contributed by atoms with Gasteiger partial charge in [0.05, 0.1) is 6.61 Å². The highest BCUT2D eigenvalue weighted by Gasteiger charge is 2.14. The fourth-order valence-corrected chi connectivity index (χ4v) is 2.04. The molecule has 0 saturated heterocycles. The predicted octanol–water partition coefficient (Wildman–Crippen LogP) is 3.04. The predicted molar refractivity (Wildman–Crippen MR) is 86.6 cm³/mol. The smallest absolute Gasteiger partial charge is 0.325 e. The van der Waals surface area contributed by atoms with Gasteiger partial charge in [0.15, 0.2) is 0 Å². The van der Waals surface area contributed by atoms with Crippen LogP contribution in [0.5, 0.6) is 0 Å². The van der Waals surface area contributed by atoms with Crippen LogP contribution >= 0.6 is 15.9 Å². The first-order valence-electron chi connectivity index (χ1n) is 6.56. The fourth-order valence-electron chi connectivity index (χ4n) is 1.63. The molecule has 21 heavy (non-hydrogen) atoms. The number of halogens is 1. The lowest BCUT2D eigenvalue weighted by Crippen LogP contribution is -2.35. The third kappa shape index (κ3) is 5.95. The van der Waals surface area contributed by atoms with Gasteiger partial charge < -0.3 is 9.64 Å². The molecule has 0 aromatic heterocycles. The van der Waals surface area contributed by atoms with Crippen molar-refractivity contribution in [1.82, 2.24) is 4.90 Å². The monoisotopic (exact) mass is 351 g/mol. The Kier molecular flexibility index (Phi) is 7.46. The summed E-state index contributed by atoms with van der Waals surface area (Å²) in [5.41, 5.74) is 0.889. The highest BCUT2D eigenvalue weighted by molar-refractivity contribution is 9.10. The molecule has 0 N–H and O–H groups in total. The van der Waals surface area contributed by atoms with Gasteiger partial charge in [0.1, 0.15) is 6.54 Å². The molecule has 0 heterocycles. The molecular weight excluding hydrogens is 334 g/mol. The molecule has 5 heteroatoms. The van der Waals surface area contributed by atoms with Crippen LogP contribution in [-0.4, -0.2) is 36.5 Å². The van der Waals surface area contributed by atoms with Gasteiger partial charge in [-0.25, -0.2) is 0 Å². The molecule has 0 aliphatic rings. The van der Waals surface area contributed by atoms with Gasteiger partial charge in [0.2, 0.25) is 5.91 Å². The van der Waals surface area contributed by atoms with E-state index in [1.54, 1.807) is 19.1 Å². The van der Waals surface area contributed by atoms with Gasteiger partial charge in [-0.3, -0.25) is 9.59 Å². The number of amides is 1. The minimum atomic E-state index is -0.429. The number of ether oxygens (including phenoxy) is 1. The number of hydrogen-bond donors (Lipinski definition) is 0. The molecule has 0 spiro atoms. The number of nitrogens with zero attached hydrogens (tertiary/aromatic N) is 1. The van der Waals surface area contributed by atoms with Gasteiger partial charge >= 0.3 is 5.97 Å². The number of esters is 1. The normalized spacial score (nSPS) is 10.4. The van der Waals surface area contributed by atoms with Crippen LogP contribution in [0.3, 0.4) is 0 Å². The summed E-state index contributed by atoms with van der Waals surface area (Å²) in [6, 6.07) is 7.56. The van der Waals surface area contributed by atoms with Gasteiger partial charge in [-0.1, -0.05) is 40.2 Å². The lowest BCUT2D eigenvalue weighted by Gasteiger charge is -2.18. The maximum absolute atomic E-state index is 12.1. The summed E-state index contributed by atoms with van der Waals surface area (Å²) in [4.78, 5) is 25.0. The van der Waals surface area contributed by atoms with Crippen LogP contribution in [0.2, 0.25) is 0 Å². The van der Waals surface area contributed by atoms with Crippen molar-refractivity contribution in [2.75, 3.05) is 19.7 Å². The van der Waals surface area contributed by atoms with E-state index >= 15 is 0 Å². The average molecular weight is 352 g/mol. The summed E-state index contributed by atoms with van der Waals surface area (Å²) in [5.74, 6) is -0.694. The summed E-state index contributed by atoms with van der Waals surface area (Å²) in [6.45, 7) is 5.82. The van der Waals surface area contributed by atoms with Crippen LogP contribution in [-0.2, 0) is 14.3 Å². The van der Waals surface area contributed by atoms with E-state index in [0.717, 1.165) is 10.0 Å². The Morgan fingerprint density at radius 1 is 1.38 bits per heavy atom. The molecule has 0 radical (unpaired) electrons. The Morgan fingerprint density at radius 3 is 2.71 bits per heavy atom. The molecule has 112 valence electrons. The summed E-state index contributed by atoms with van der Waals surface area (Å²) in [6.07, 6.45) is 4.71. The highest BCUT2D eigenvalue weighted by atomic mass is 79.9. The molecule has 1 aromatic carbocycles. The molecule has 1 aromatic rings. The lowest BCUT2D eigenvalue weighted by atomic mass is 10.2. The van der Waals surface area contributed by atoms with Gasteiger partial charge in [0.25, 0.3) is 0 Å². The van der Waals surface area contributed by atoms with Crippen LogP contribution in [0, 0.1) is 0 Å². The number of benzene rings is 1. The first-order valence-corrected chi connectivity index (χ1v) is 7.35. The fraction of sp³-hybridized carbons (Fsp3) is 0.250. The Labute approximate surface area is 133 Å². The highest BCUT2D eigenvalue weighted by Crippen LogP contribution is 2.17. The van der Waals surface area contributed by atoms with Crippen molar-refractivity contribution in [3.63, 3.8) is 0 Å². The molecule has 1 amide bonds. The second kappa shape index (κ2) is 9.13. The first kappa shape index (κ1) is 17.2. The van der Waals surface area contributed by atoms with Crippen molar-refractivity contribution < 1.29 is 14.3 Å². The standard InChI is InChI=1S/C16H18BrNO3/c1-3-11-18(12-16(20)21-4-2)15(19)10-9-13-7-5-6-8-14(13)17/h3,5-10H,1,4,11-12H2,2H3/b10-9+. The van der Waals surface area contributed by atoms with Crippen molar-refractivity contribution in [3.8, 4) is 0 Å². The molecule has 0 atom stereocenters. The molecule has 0 unspecified atom stereocenters. The van der Waals surface area contributed by atoms with Gasteiger partial charge in [-0.05, 0) is 24.6 Å². The van der Waals surface area contributed by atoms with Crippen LogP contribution in [0.4, 0.5) is 0 Å². The number of carbonyl (C=O) groups excluding carboxylic acids is 2. The minimum Gasteiger partial charge on any atom is -0.465 e. The van der Waals surface area contributed by atoms with Crippen molar-refractivity contribution in [2.45, 2.75) is 6.92 Å². The lowest BCUT2D eigenvalue weighted by molar-refractivity contribution is -0.147. The van der Waals surface area contributed by atoms with E-state index in [2.05, 4.69) is 22.5 Å². The Hall–Kier alpha value is -1.88. The zero-order valence-electron chi connectivity index (χ0n) is 11.9. The minimum absolute atomic E-state index is 0.0843. The SMILES string of the molecule is C=CCN(CC(=O)OCC)C(=O)/C=C/c1ccccc1Br. The van der Waals surface area contributed by atoms with Crippen LogP contribution in [0.15, 0.2) is 47.5 Å². The summed E-state index contributed by atoms with van der Waals surface area (Å²) >= 11 is 3.41. The zero-order valence-corrected chi connectivity index (χ0v) is 13.5. The van der Waals surface area contributed by atoms with Crippen molar-refractivity contribution in [1.29, 1.82) is 0 Å². The zero-order chi connectivity index (χ0) is 15.7. The topological polar surface area (TPSA) is 46.6 Å². The maximum atomic E-state index is 12.1. The van der Waals surface area contributed by atoms with Crippen LogP contribution < -0.4 is 0 Å². The van der Waals surface area contributed by atoms with Crippen LogP contribution in [0.1, 0.15) is 12.5 Å². The summed E-state index contributed by atoms with van der Waals surface area (Å²) < 4.78 is 5.75. The van der Waals surface area contributed by atoms with E-state index in [4.69, 9.17) is 4.74 Å². The molecule has 0 bridgehead atoms. The molecule has 0 saturated carbocycles. The average Bonchev–Trinajstić information content (AvgIpc) is 2.46. The van der Waals surface area contributed by atoms with Gasteiger partial charge in [-0.15, -0.1) is 6.58 Å². The summed E-state index contributed by atoms with van der Waals surface area (Å²) in [7, 11) is 0. The van der Waals surface area contributed by atoms with E-state index in [1.165, 1.54) is 11.0 Å². The molecule has 0 aliphatic carbocycles. The van der Waals surface area contributed by atoms with E-state index in [0.29, 0.717) is 6.61 Å². The van der Waals surface area contributed by atoms with E-state index in [9.17, 15) is 9.59 Å². The quantitative estimate of drug-likeness (QED) is 0.431. The molecule has 0 fully saturated rings. The third-order valence-electron chi connectivity index (χ3n) is 2.60. The van der Waals surface area contributed by atoms with Gasteiger partial charge in [0, 0.05) is 17.1 Å². The van der Waals surface area contributed by atoms with Gasteiger partial charge in [-0.2, -0.15) is 0 Å². The molecule has 4 nitrogen and oxygen atoms in total. The second-order valence-electron chi connectivity index (χ2n) is 4.17. The van der Waals surface area contributed by atoms with E-state index < -0.39 is 5.97 Å². The number of hydrogen-bond acceptors (Lipinski definition) is 3. The van der Waals surface area contributed by atoms with E-state index in [-0.39, 0.29) is 19.0 Å². The number of rotatable bonds is 7. The Bertz CT molecular complexity index is 540. The van der Waals surface area contributed by atoms with Crippen molar-refractivity contribution in [2.24, 2.45) is 0 Å². The van der Waals surface area contributed by atoms with Crippen LogP contribution in [0.25, 0.3) is 6.08 Å². The third-order valence-corrected chi connectivity index (χ3v) is 3.32. The van der Waals surface area contributed by atoms with E-state index in [1.807, 2.05) is 24.3 Å². The molecule has 0 aliphatic heterocycles. The summed E-state index contributed by atoms with van der Waals surface area (Å²) in [5, 5.41) is 0.